The molecule has 124 heavy (non-hydrogen) atoms. The van der Waals surface area contributed by atoms with Crippen LogP contribution in [0.3, 0.4) is 0 Å². The molecule has 0 bridgehead atoms. The molecular formula is C120H90BN3. The van der Waals surface area contributed by atoms with Gasteiger partial charge in [0.15, 0.2) is 0 Å². The van der Waals surface area contributed by atoms with E-state index >= 15 is 0 Å². The van der Waals surface area contributed by atoms with Crippen molar-refractivity contribution in [3.8, 4) is 111 Å². The second-order valence-corrected chi connectivity index (χ2v) is 35.5. The van der Waals surface area contributed by atoms with Crippen LogP contribution < -0.4 is 31.1 Å². The summed E-state index contributed by atoms with van der Waals surface area (Å²) in [4.78, 5) is 7.98. The fourth-order valence-corrected chi connectivity index (χ4v) is 19.6. The Bertz CT molecular complexity index is 7210. The Kier molecular flexibility index (Phi) is 18.5. The first-order valence-corrected chi connectivity index (χ1v) is 43.5. The summed E-state index contributed by atoms with van der Waals surface area (Å²) < 4.78 is 0. The van der Waals surface area contributed by atoms with Gasteiger partial charge in [0, 0.05) is 56.4 Å². The van der Waals surface area contributed by atoms with Gasteiger partial charge in [0.2, 0.25) is 0 Å². The van der Waals surface area contributed by atoms with Crippen molar-refractivity contribution in [1.82, 2.24) is 0 Å². The molecule has 2 aliphatic rings. The van der Waals surface area contributed by atoms with Gasteiger partial charge in [0.1, 0.15) is 0 Å². The number of fused-ring (bicyclic) bond motifs is 4. The third-order valence-corrected chi connectivity index (χ3v) is 25.8. The Balaban J connectivity index is 0.937. The molecule has 0 spiro atoms. The van der Waals surface area contributed by atoms with E-state index in [1.54, 1.807) is 0 Å². The van der Waals surface area contributed by atoms with Gasteiger partial charge in [0.25, 0.3) is 6.71 Å². The van der Waals surface area contributed by atoms with Gasteiger partial charge in [-0.15, -0.1) is 0 Å². The minimum Gasteiger partial charge on any atom is -0.310 e. The predicted molar refractivity (Wildman–Crippen MR) is 531 cm³/mol. The molecule has 2 aliphatic heterocycles. The summed E-state index contributed by atoms with van der Waals surface area (Å²) in [7, 11) is 0. The lowest BCUT2D eigenvalue weighted by atomic mass is 9.33. The first kappa shape index (κ1) is 75.1. The van der Waals surface area contributed by atoms with Gasteiger partial charge in [-0.3, -0.25) is 0 Å². The summed E-state index contributed by atoms with van der Waals surface area (Å²) in [6.07, 6.45) is 0. The van der Waals surface area contributed by atoms with Gasteiger partial charge < -0.3 is 14.7 Å². The Morgan fingerprint density at radius 2 is 0.540 bits per heavy atom. The van der Waals surface area contributed by atoms with Crippen molar-refractivity contribution in [2.45, 2.75) is 52.4 Å². The summed E-state index contributed by atoms with van der Waals surface area (Å²) >= 11 is 0. The Morgan fingerprint density at radius 3 is 0.944 bits per heavy atom. The van der Waals surface area contributed by atoms with E-state index in [2.05, 4.69) is 493 Å². The van der Waals surface area contributed by atoms with E-state index < -0.39 is 0 Å². The van der Waals surface area contributed by atoms with Crippen LogP contribution in [0, 0.1) is 0 Å². The maximum Gasteiger partial charge on any atom is 0.252 e. The topological polar surface area (TPSA) is 9.72 Å². The van der Waals surface area contributed by atoms with E-state index in [9.17, 15) is 0 Å². The highest BCUT2D eigenvalue weighted by atomic mass is 15.2. The smallest absolute Gasteiger partial charge is 0.252 e. The average Bonchev–Trinajstić information content (AvgIpc) is 0.683. The zero-order valence-corrected chi connectivity index (χ0v) is 70.5. The molecule has 588 valence electrons. The van der Waals surface area contributed by atoms with Crippen LogP contribution in [0.5, 0.6) is 0 Å². The molecule has 0 saturated heterocycles. The molecule has 20 aromatic rings. The molecule has 3 nitrogen and oxygen atoms in total. The molecule has 0 aromatic heterocycles. The fourth-order valence-electron chi connectivity index (χ4n) is 19.6. The quantitative estimate of drug-likeness (QED) is 0.0748. The fraction of sp³-hybridized carbons (Fsp3) is 0.0667. The van der Waals surface area contributed by atoms with Gasteiger partial charge in [-0.1, -0.05) is 393 Å². The van der Waals surface area contributed by atoms with Crippen molar-refractivity contribution in [3.63, 3.8) is 0 Å². The number of benzene rings is 20. The van der Waals surface area contributed by atoms with Crippen LogP contribution in [0.2, 0.25) is 0 Å². The molecule has 0 fully saturated rings. The lowest BCUT2D eigenvalue weighted by molar-refractivity contribution is 0.591. The molecule has 0 atom stereocenters. The molecule has 20 aromatic carbocycles. The normalized spacial score (nSPS) is 12.4. The second kappa shape index (κ2) is 30.6. The first-order chi connectivity index (χ1) is 60.8. The molecule has 4 heteroatoms. The lowest BCUT2D eigenvalue weighted by Crippen LogP contribution is -2.61. The largest absolute Gasteiger partial charge is 0.310 e. The number of rotatable bonds is 15. The van der Waals surface area contributed by atoms with E-state index in [-0.39, 0.29) is 17.5 Å². The van der Waals surface area contributed by atoms with Crippen LogP contribution in [0.15, 0.2) is 437 Å². The van der Waals surface area contributed by atoms with Gasteiger partial charge >= 0.3 is 0 Å². The summed E-state index contributed by atoms with van der Waals surface area (Å²) in [5.74, 6) is 0. The number of nitrogens with zero attached hydrogens (tertiary/aromatic N) is 3. The van der Waals surface area contributed by atoms with Crippen molar-refractivity contribution >= 4 is 107 Å². The van der Waals surface area contributed by atoms with Crippen LogP contribution in [-0.4, -0.2) is 6.71 Å². The molecule has 0 unspecified atom stereocenters. The number of hydrogen-bond acceptors (Lipinski definition) is 3. The van der Waals surface area contributed by atoms with Crippen molar-refractivity contribution in [2.24, 2.45) is 0 Å². The third-order valence-electron chi connectivity index (χ3n) is 25.8. The second-order valence-electron chi connectivity index (χ2n) is 35.5. The maximum absolute atomic E-state index is 2.75. The zero-order chi connectivity index (χ0) is 83.3. The van der Waals surface area contributed by atoms with Crippen LogP contribution in [0.1, 0.15) is 52.7 Å². The summed E-state index contributed by atoms with van der Waals surface area (Å²) in [5, 5.41) is 7.62. The van der Waals surface area contributed by atoms with Gasteiger partial charge in [-0.25, -0.2) is 0 Å². The van der Waals surface area contributed by atoms with E-state index in [4.69, 9.17) is 0 Å². The van der Waals surface area contributed by atoms with Crippen LogP contribution in [-0.2, 0) is 10.8 Å². The molecule has 0 saturated carbocycles. The molecule has 2 heterocycles. The van der Waals surface area contributed by atoms with E-state index in [1.807, 2.05) is 0 Å². The highest BCUT2D eigenvalue weighted by Crippen LogP contribution is 2.57. The predicted octanol–water partition coefficient (Wildman–Crippen LogP) is 31.4. The van der Waals surface area contributed by atoms with Crippen molar-refractivity contribution in [2.75, 3.05) is 14.7 Å². The Hall–Kier alpha value is -15.1. The van der Waals surface area contributed by atoms with Crippen molar-refractivity contribution in [3.05, 3.63) is 448 Å². The molecule has 22 rings (SSSR count). The third kappa shape index (κ3) is 13.3. The molecular weight excluding hydrogens is 1490 g/mol. The number of anilines is 9. The van der Waals surface area contributed by atoms with Crippen molar-refractivity contribution in [1.29, 1.82) is 0 Å². The standard InChI is InChI=1S/C120H90BN3/c1-119(2,3)97-66-92-52-53-93-67-98(120(4,5)6)76-107-102(73-96(68-97)114(92)115(93)107)91-58-64-108-111(75-91)124(118-105(88-48-30-14-31-49-88)71-95(83-42-24-11-25-43-83)72-106(118)89-50-32-15-33-51-89)113-78-101(122(99-60-54-84(55-61-99)79-34-16-7-17-35-79)100-62-56-85(57-63-100)80-36-18-8-19-37-80)77-112-116(113)121(108)109-74-90(81-38-20-9-21-39-81)59-65-110(109)123(112)117-103(86-44-26-12-27-45-86)69-94(82-40-22-10-23-41-82)70-104(117)87-46-28-13-29-47-87/h7-78H,1-6H3. The first-order valence-electron chi connectivity index (χ1n) is 43.5. The van der Waals surface area contributed by atoms with Crippen LogP contribution >= 0.6 is 0 Å². The monoisotopic (exact) mass is 1580 g/mol. The number of hydrogen-bond donors (Lipinski definition) is 0. The highest BCUT2D eigenvalue weighted by molar-refractivity contribution is 7.00. The lowest BCUT2D eigenvalue weighted by Gasteiger charge is -2.46. The van der Waals surface area contributed by atoms with Crippen LogP contribution in [0.25, 0.3) is 144 Å². The molecule has 0 amide bonds. The average molecular weight is 1580 g/mol. The Labute approximate surface area is 727 Å². The van der Waals surface area contributed by atoms with Crippen molar-refractivity contribution < 1.29 is 0 Å². The van der Waals surface area contributed by atoms with E-state index in [1.165, 1.54) is 65.4 Å². The molecule has 0 radical (unpaired) electrons. The summed E-state index contributed by atoms with van der Waals surface area (Å²) in [5.41, 5.74) is 37.9. The Morgan fingerprint density at radius 1 is 0.210 bits per heavy atom. The van der Waals surface area contributed by atoms with Crippen LogP contribution in [0.4, 0.5) is 51.2 Å². The molecule has 0 N–H and O–H groups in total. The van der Waals surface area contributed by atoms with Gasteiger partial charge in [-0.05, 0) is 245 Å². The summed E-state index contributed by atoms with van der Waals surface area (Å²) in [6, 6.07) is 165. The van der Waals surface area contributed by atoms with E-state index in [0.29, 0.717) is 0 Å². The zero-order valence-electron chi connectivity index (χ0n) is 70.5. The SMILES string of the molecule is CC(C)(C)c1cc2ccc3cc(C(C)(C)C)cc4c(-c5ccc6c(c5)N(c5c(-c7ccccc7)cc(-c7ccccc7)cc5-c5ccccc5)c5cc(N(c7ccc(-c8ccccc8)cc7)c7ccc(-c8ccccc8)cc7)cc7c5B6c5cc(-c6ccccc6)ccc5N7c5c(-c6ccccc6)cc(-c6ccccc6)cc5-c5ccccc5)cc(c1)c2c34. The maximum atomic E-state index is 2.75. The van der Waals surface area contributed by atoms with Gasteiger partial charge in [-0.2, -0.15) is 0 Å². The summed E-state index contributed by atoms with van der Waals surface area (Å²) in [6.45, 7) is 13.8. The minimum atomic E-state index is -0.356. The van der Waals surface area contributed by atoms with E-state index in [0.717, 1.165) is 157 Å². The molecule has 0 aliphatic carbocycles. The highest BCUT2D eigenvalue weighted by Gasteiger charge is 2.47. The van der Waals surface area contributed by atoms with Gasteiger partial charge in [0.05, 0.1) is 17.1 Å². The minimum absolute atomic E-state index is 0.110.